The number of carboxylic acids is 1. The van der Waals surface area contributed by atoms with Gasteiger partial charge in [-0.1, -0.05) is 29.3 Å². The molecule has 0 bridgehead atoms. The maximum atomic E-state index is 12.2. The van der Waals surface area contributed by atoms with Crippen LogP contribution in [0.4, 0.5) is 0 Å². The van der Waals surface area contributed by atoms with Crippen molar-refractivity contribution < 1.29 is 19.4 Å². The molecule has 0 aliphatic carbocycles. The van der Waals surface area contributed by atoms with Crippen LogP contribution in [0.3, 0.4) is 0 Å². The van der Waals surface area contributed by atoms with Gasteiger partial charge in [-0.25, -0.2) is 0 Å². The van der Waals surface area contributed by atoms with E-state index in [0.717, 1.165) is 0 Å². The molecule has 1 fully saturated rings. The minimum Gasteiger partial charge on any atom is -0.481 e. The molecule has 0 aromatic heterocycles. The van der Waals surface area contributed by atoms with Crippen molar-refractivity contribution in [2.75, 3.05) is 19.8 Å². The van der Waals surface area contributed by atoms with Crippen LogP contribution in [-0.2, 0) is 9.53 Å². The van der Waals surface area contributed by atoms with Crippen LogP contribution < -0.4 is 5.32 Å². The lowest BCUT2D eigenvalue weighted by Gasteiger charge is -2.27. The summed E-state index contributed by atoms with van der Waals surface area (Å²) in [4.78, 5) is 23.6. The van der Waals surface area contributed by atoms with Crippen LogP contribution >= 0.6 is 23.2 Å². The number of ether oxygens (including phenoxy) is 1. The molecule has 22 heavy (non-hydrogen) atoms. The minimum atomic E-state index is -0.913. The molecule has 1 aromatic rings. The number of carbonyl (C=O) groups excluding carboxylic acids is 1. The van der Waals surface area contributed by atoms with E-state index in [1.807, 2.05) is 0 Å². The maximum Gasteiger partial charge on any atom is 0.308 e. The SMILES string of the molecule is O=C(NCC(C(=O)O)C1CCOCC1)c1cccc(Cl)c1Cl. The van der Waals surface area contributed by atoms with Gasteiger partial charge in [0.05, 0.1) is 21.5 Å². The predicted octanol–water partition coefficient (Wildman–Crippen LogP) is 2.85. The Kier molecular flexibility index (Phi) is 6.06. The molecule has 1 aromatic carbocycles. The van der Waals surface area contributed by atoms with E-state index < -0.39 is 17.8 Å². The normalized spacial score (nSPS) is 17.0. The molecule has 0 saturated carbocycles. The summed E-state index contributed by atoms with van der Waals surface area (Å²) in [5.41, 5.74) is 0.241. The molecule has 7 heteroatoms. The number of rotatable bonds is 5. The first kappa shape index (κ1) is 17.1. The van der Waals surface area contributed by atoms with Crippen LogP contribution in [0.15, 0.2) is 18.2 Å². The fourth-order valence-corrected chi connectivity index (χ4v) is 2.94. The highest BCUT2D eigenvalue weighted by atomic mass is 35.5. The first-order chi connectivity index (χ1) is 10.5. The first-order valence-corrected chi connectivity index (χ1v) is 7.79. The highest BCUT2D eigenvalue weighted by Crippen LogP contribution is 2.26. The monoisotopic (exact) mass is 345 g/mol. The van der Waals surface area contributed by atoms with Crippen molar-refractivity contribution in [3.05, 3.63) is 33.8 Å². The van der Waals surface area contributed by atoms with Crippen LogP contribution in [0.25, 0.3) is 0 Å². The molecule has 1 amide bonds. The lowest BCUT2D eigenvalue weighted by atomic mass is 9.86. The summed E-state index contributed by atoms with van der Waals surface area (Å²) in [6.45, 7) is 1.17. The van der Waals surface area contributed by atoms with E-state index in [9.17, 15) is 14.7 Å². The zero-order valence-corrected chi connectivity index (χ0v) is 13.4. The van der Waals surface area contributed by atoms with E-state index in [4.69, 9.17) is 27.9 Å². The summed E-state index contributed by atoms with van der Waals surface area (Å²) in [6.07, 6.45) is 1.37. The molecule has 0 radical (unpaired) electrons. The van der Waals surface area contributed by atoms with Gasteiger partial charge >= 0.3 is 5.97 Å². The average molecular weight is 346 g/mol. The Balaban J connectivity index is 2.01. The predicted molar refractivity (Wildman–Crippen MR) is 83.5 cm³/mol. The second-order valence-corrected chi connectivity index (χ2v) is 5.99. The molecule has 120 valence electrons. The number of benzene rings is 1. The van der Waals surface area contributed by atoms with Gasteiger partial charge in [-0.05, 0) is 30.9 Å². The Morgan fingerprint density at radius 1 is 1.32 bits per heavy atom. The highest BCUT2D eigenvalue weighted by molar-refractivity contribution is 6.43. The second-order valence-electron chi connectivity index (χ2n) is 5.21. The van der Waals surface area contributed by atoms with Crippen LogP contribution in [0.1, 0.15) is 23.2 Å². The van der Waals surface area contributed by atoms with Gasteiger partial charge in [0.15, 0.2) is 0 Å². The fourth-order valence-electron chi connectivity index (χ4n) is 2.55. The molecule has 1 atom stereocenters. The first-order valence-electron chi connectivity index (χ1n) is 7.03. The maximum absolute atomic E-state index is 12.2. The second kappa shape index (κ2) is 7.81. The molecule has 2 rings (SSSR count). The molecule has 1 unspecified atom stereocenters. The third-order valence-electron chi connectivity index (χ3n) is 3.83. The molecule has 1 heterocycles. The van der Waals surface area contributed by atoms with Crippen LogP contribution in [0.5, 0.6) is 0 Å². The quantitative estimate of drug-likeness (QED) is 0.860. The van der Waals surface area contributed by atoms with Gasteiger partial charge in [-0.15, -0.1) is 0 Å². The van der Waals surface area contributed by atoms with Gasteiger partial charge in [-0.2, -0.15) is 0 Å². The Hall–Kier alpha value is -1.30. The number of amides is 1. The number of hydrogen-bond donors (Lipinski definition) is 2. The van der Waals surface area contributed by atoms with Gasteiger partial charge < -0.3 is 15.2 Å². The lowest BCUT2D eigenvalue weighted by molar-refractivity contribution is -0.144. The molecule has 1 aliphatic rings. The summed E-state index contributed by atoms with van der Waals surface area (Å²) in [7, 11) is 0. The Morgan fingerprint density at radius 3 is 2.64 bits per heavy atom. The number of hydrogen-bond acceptors (Lipinski definition) is 3. The number of nitrogens with one attached hydrogen (secondary N) is 1. The minimum absolute atomic E-state index is 0.00128. The van der Waals surface area contributed by atoms with Crippen molar-refractivity contribution >= 4 is 35.1 Å². The van der Waals surface area contributed by atoms with Crippen molar-refractivity contribution in [2.24, 2.45) is 11.8 Å². The van der Waals surface area contributed by atoms with Gasteiger partial charge in [0.25, 0.3) is 5.91 Å². The Morgan fingerprint density at radius 2 is 2.00 bits per heavy atom. The molecule has 2 N–H and O–H groups in total. The van der Waals surface area contributed by atoms with E-state index in [1.165, 1.54) is 0 Å². The number of halogens is 2. The van der Waals surface area contributed by atoms with E-state index >= 15 is 0 Å². The fraction of sp³-hybridized carbons (Fsp3) is 0.467. The molecular weight excluding hydrogens is 329 g/mol. The van der Waals surface area contributed by atoms with Crippen LogP contribution in [-0.4, -0.2) is 36.7 Å². The summed E-state index contributed by atoms with van der Waals surface area (Å²) in [5.74, 6) is -1.97. The summed E-state index contributed by atoms with van der Waals surface area (Å²) >= 11 is 11.9. The van der Waals surface area contributed by atoms with Crippen LogP contribution in [0, 0.1) is 11.8 Å². The average Bonchev–Trinajstić information content (AvgIpc) is 2.50. The van der Waals surface area contributed by atoms with Gasteiger partial charge in [0.2, 0.25) is 0 Å². The third-order valence-corrected chi connectivity index (χ3v) is 4.65. The number of carbonyl (C=O) groups is 2. The highest BCUT2D eigenvalue weighted by Gasteiger charge is 2.30. The topological polar surface area (TPSA) is 75.6 Å². The summed E-state index contributed by atoms with van der Waals surface area (Å²) < 4.78 is 5.24. The van der Waals surface area contributed by atoms with Crippen molar-refractivity contribution in [3.63, 3.8) is 0 Å². The van der Waals surface area contributed by atoms with Crippen LogP contribution in [0.2, 0.25) is 10.0 Å². The lowest BCUT2D eigenvalue weighted by Crippen LogP contribution is -2.39. The largest absolute Gasteiger partial charge is 0.481 e. The standard InChI is InChI=1S/C15H17Cl2NO4/c16-12-3-1-2-10(13(12)17)14(19)18-8-11(15(20)21)9-4-6-22-7-5-9/h1-3,9,11H,4-8H2,(H,18,19)(H,20,21). The van der Waals surface area contributed by atoms with E-state index in [1.54, 1.807) is 18.2 Å². The molecule has 1 saturated heterocycles. The smallest absolute Gasteiger partial charge is 0.308 e. The van der Waals surface area contributed by atoms with Gasteiger partial charge in [0, 0.05) is 19.8 Å². The Labute approximate surface area is 138 Å². The van der Waals surface area contributed by atoms with Gasteiger partial charge in [0.1, 0.15) is 0 Å². The summed E-state index contributed by atoms with van der Waals surface area (Å²) in [6, 6.07) is 4.76. The third kappa shape index (κ3) is 4.12. The summed E-state index contributed by atoms with van der Waals surface area (Å²) in [5, 5.41) is 12.5. The van der Waals surface area contributed by atoms with Crippen molar-refractivity contribution in [1.29, 1.82) is 0 Å². The van der Waals surface area contributed by atoms with Crippen molar-refractivity contribution in [1.82, 2.24) is 5.32 Å². The zero-order chi connectivity index (χ0) is 16.1. The van der Waals surface area contributed by atoms with Gasteiger partial charge in [-0.3, -0.25) is 9.59 Å². The molecule has 0 spiro atoms. The number of carboxylic acid groups (broad SMARTS) is 1. The Bertz CT molecular complexity index is 558. The van der Waals surface area contributed by atoms with E-state index in [0.29, 0.717) is 26.1 Å². The van der Waals surface area contributed by atoms with Crippen molar-refractivity contribution in [3.8, 4) is 0 Å². The van der Waals surface area contributed by atoms with E-state index in [-0.39, 0.29) is 28.1 Å². The van der Waals surface area contributed by atoms with E-state index in [2.05, 4.69) is 5.32 Å². The zero-order valence-electron chi connectivity index (χ0n) is 11.9. The molecule has 5 nitrogen and oxygen atoms in total. The molecular formula is C15H17Cl2NO4. The molecule has 1 aliphatic heterocycles. The van der Waals surface area contributed by atoms with Crippen molar-refractivity contribution in [2.45, 2.75) is 12.8 Å². The number of aliphatic carboxylic acids is 1.